The minimum Gasteiger partial charge on any atom is -0.480 e. The minimum absolute atomic E-state index is 0.0870. The first-order valence-electron chi connectivity index (χ1n) is 9.80. The number of aldehydes is 1. The van der Waals surface area contributed by atoms with E-state index < -0.39 is 24.0 Å². The highest BCUT2D eigenvalue weighted by Crippen LogP contribution is 2.12. The normalized spacial score (nSPS) is 16.2. The summed E-state index contributed by atoms with van der Waals surface area (Å²) < 4.78 is 0. The number of urea groups is 2. The highest BCUT2D eigenvalue weighted by Gasteiger charge is 2.32. The molecule has 0 aromatic carbocycles. The van der Waals surface area contributed by atoms with E-state index in [0.717, 1.165) is 0 Å². The van der Waals surface area contributed by atoms with Crippen LogP contribution in [-0.2, 0) is 9.59 Å². The molecule has 1 saturated heterocycles. The largest absolute Gasteiger partial charge is 0.480 e. The van der Waals surface area contributed by atoms with E-state index in [1.165, 1.54) is 4.90 Å². The molecule has 1 rings (SSSR count). The summed E-state index contributed by atoms with van der Waals surface area (Å²) in [6, 6.07) is -2.17. The van der Waals surface area contributed by atoms with Crippen LogP contribution in [0.1, 0.15) is 33.6 Å². The van der Waals surface area contributed by atoms with Crippen molar-refractivity contribution in [3.8, 4) is 0 Å². The van der Waals surface area contributed by atoms with Crippen LogP contribution in [0.5, 0.6) is 0 Å². The quantitative estimate of drug-likeness (QED) is 0.144. The van der Waals surface area contributed by atoms with Crippen LogP contribution < -0.4 is 22.1 Å². The minimum atomic E-state index is -1.36. The number of carbonyl (C=O) groups excluding carboxylic acids is 3. The van der Waals surface area contributed by atoms with E-state index in [0.29, 0.717) is 25.8 Å². The van der Waals surface area contributed by atoms with Crippen LogP contribution in [0.15, 0.2) is 4.99 Å². The second-order valence-corrected chi connectivity index (χ2v) is 8.17. The molecule has 170 valence electrons. The molecule has 12 heteroatoms. The average Bonchev–Trinajstić information content (AvgIpc) is 2.65. The molecule has 0 aromatic heterocycles. The van der Waals surface area contributed by atoms with E-state index in [4.69, 9.17) is 11.5 Å². The highest BCUT2D eigenvalue weighted by atomic mass is 16.4. The fourth-order valence-electron chi connectivity index (χ4n) is 2.94. The fraction of sp³-hybridized carbons (Fsp3) is 0.722. The summed E-state index contributed by atoms with van der Waals surface area (Å²) in [6.07, 6.45) is 1.12. The van der Waals surface area contributed by atoms with E-state index in [9.17, 15) is 24.3 Å². The molecule has 2 atom stereocenters. The van der Waals surface area contributed by atoms with Crippen molar-refractivity contribution < 1.29 is 24.3 Å². The number of hydrogen-bond donors (Lipinski definition) is 5. The van der Waals surface area contributed by atoms with E-state index in [2.05, 4.69) is 15.6 Å². The maximum absolute atomic E-state index is 12.5. The van der Waals surface area contributed by atoms with Gasteiger partial charge in [0.15, 0.2) is 5.96 Å². The molecule has 1 fully saturated rings. The van der Waals surface area contributed by atoms with Crippen molar-refractivity contribution in [2.45, 2.75) is 45.2 Å². The van der Waals surface area contributed by atoms with Crippen LogP contribution >= 0.6 is 0 Å². The van der Waals surface area contributed by atoms with E-state index in [1.54, 1.807) is 4.90 Å². The Kier molecular flexibility index (Phi) is 9.34. The van der Waals surface area contributed by atoms with Crippen molar-refractivity contribution in [1.29, 1.82) is 0 Å². The summed E-state index contributed by atoms with van der Waals surface area (Å²) in [4.78, 5) is 54.6. The van der Waals surface area contributed by atoms with Crippen LogP contribution in [0.25, 0.3) is 0 Å². The molecule has 0 saturated carbocycles. The molecule has 0 aromatic rings. The fourth-order valence-corrected chi connectivity index (χ4v) is 2.94. The molecule has 1 aliphatic rings. The number of aliphatic imine (C=N–C) groups is 1. The number of carboxylic acids is 1. The number of nitrogens with one attached hydrogen (secondary N) is 2. The molecular formula is C18H33N7O5. The standard InChI is InChI=1S/C18H33N7O5/c1-18(2,3)23-17(30)25-9-7-24(8-10-25)16(29)22-13(14(27)28)12(11-26)5-4-6-21-15(19)20/h11-13H,4-10H2,1-3H3,(H,22,29)(H,23,30)(H,27,28)(H4,19,20,21). The van der Waals surface area contributed by atoms with Crippen LogP contribution in [0.3, 0.4) is 0 Å². The number of piperazine rings is 1. The van der Waals surface area contributed by atoms with Gasteiger partial charge in [0, 0.05) is 44.2 Å². The third-order valence-electron chi connectivity index (χ3n) is 4.47. The first-order chi connectivity index (χ1) is 13.9. The highest BCUT2D eigenvalue weighted by molar-refractivity contribution is 5.85. The molecule has 0 aliphatic carbocycles. The van der Waals surface area contributed by atoms with Gasteiger partial charge in [-0.05, 0) is 33.6 Å². The van der Waals surface area contributed by atoms with Gasteiger partial charge in [0.1, 0.15) is 12.3 Å². The third-order valence-corrected chi connectivity index (χ3v) is 4.47. The number of amides is 4. The Labute approximate surface area is 176 Å². The number of hydrogen-bond acceptors (Lipinski definition) is 5. The van der Waals surface area contributed by atoms with Crippen molar-refractivity contribution in [2.75, 3.05) is 32.7 Å². The lowest BCUT2D eigenvalue weighted by Gasteiger charge is -2.36. The van der Waals surface area contributed by atoms with Gasteiger partial charge in [-0.25, -0.2) is 14.4 Å². The predicted octanol–water partition coefficient (Wildman–Crippen LogP) is -0.856. The Morgan fingerprint density at radius 2 is 1.63 bits per heavy atom. The lowest BCUT2D eigenvalue weighted by atomic mass is 9.96. The van der Waals surface area contributed by atoms with Gasteiger partial charge in [-0.3, -0.25) is 4.99 Å². The second-order valence-electron chi connectivity index (χ2n) is 8.17. The summed E-state index contributed by atoms with van der Waals surface area (Å²) in [5, 5.41) is 14.8. The van der Waals surface area contributed by atoms with Gasteiger partial charge >= 0.3 is 18.0 Å². The molecule has 0 radical (unpaired) electrons. The number of carbonyl (C=O) groups is 4. The molecular weight excluding hydrogens is 394 g/mol. The first-order valence-corrected chi connectivity index (χ1v) is 9.80. The molecule has 12 nitrogen and oxygen atoms in total. The van der Waals surface area contributed by atoms with Crippen LogP contribution in [0.2, 0.25) is 0 Å². The maximum atomic E-state index is 12.5. The molecule has 0 bridgehead atoms. The summed E-state index contributed by atoms with van der Waals surface area (Å²) >= 11 is 0. The Hall–Kier alpha value is -3.05. The lowest BCUT2D eigenvalue weighted by molar-refractivity contribution is -0.142. The second kappa shape index (κ2) is 11.2. The van der Waals surface area contributed by atoms with Crippen molar-refractivity contribution in [1.82, 2.24) is 20.4 Å². The van der Waals surface area contributed by atoms with E-state index in [1.807, 2.05) is 20.8 Å². The van der Waals surface area contributed by atoms with Gasteiger partial charge in [0.2, 0.25) is 0 Å². The lowest BCUT2D eigenvalue weighted by Crippen LogP contribution is -2.59. The SMILES string of the molecule is CC(C)(C)NC(=O)N1CCN(C(=O)NC(C(=O)O)C(C=O)CCCN=C(N)N)CC1. The Morgan fingerprint density at radius 1 is 1.10 bits per heavy atom. The van der Waals surface area contributed by atoms with Gasteiger partial charge in [0.25, 0.3) is 0 Å². The zero-order chi connectivity index (χ0) is 22.9. The molecule has 1 heterocycles. The molecule has 0 spiro atoms. The van der Waals surface area contributed by atoms with Gasteiger partial charge < -0.3 is 41.8 Å². The summed E-state index contributed by atoms with van der Waals surface area (Å²) in [6.45, 7) is 7.04. The zero-order valence-corrected chi connectivity index (χ0v) is 17.8. The van der Waals surface area contributed by atoms with Gasteiger partial charge in [-0.2, -0.15) is 0 Å². The number of carboxylic acid groups (broad SMARTS) is 1. The van der Waals surface area contributed by atoms with E-state index in [-0.39, 0.29) is 43.6 Å². The average molecular weight is 428 g/mol. The molecule has 4 amide bonds. The summed E-state index contributed by atoms with van der Waals surface area (Å²) in [7, 11) is 0. The third kappa shape index (κ3) is 8.53. The van der Waals surface area contributed by atoms with Gasteiger partial charge in [-0.1, -0.05) is 0 Å². The molecule has 2 unspecified atom stereocenters. The van der Waals surface area contributed by atoms with Crippen molar-refractivity contribution >= 4 is 30.3 Å². The zero-order valence-electron chi connectivity index (χ0n) is 17.8. The Bertz CT molecular complexity index is 650. The topological polar surface area (TPSA) is 183 Å². The van der Waals surface area contributed by atoms with E-state index >= 15 is 0 Å². The first kappa shape index (κ1) is 25.0. The van der Waals surface area contributed by atoms with Gasteiger partial charge in [0.05, 0.1) is 0 Å². The molecule has 7 N–H and O–H groups in total. The maximum Gasteiger partial charge on any atom is 0.327 e. The number of nitrogens with zero attached hydrogens (tertiary/aromatic N) is 3. The van der Waals surface area contributed by atoms with Crippen LogP contribution in [0, 0.1) is 5.92 Å². The van der Waals surface area contributed by atoms with Crippen molar-refractivity contribution in [2.24, 2.45) is 22.4 Å². The number of nitrogens with two attached hydrogens (primary N) is 2. The number of rotatable bonds is 8. The smallest absolute Gasteiger partial charge is 0.327 e. The monoisotopic (exact) mass is 427 g/mol. The summed E-state index contributed by atoms with van der Waals surface area (Å²) in [5.41, 5.74) is 10.1. The van der Waals surface area contributed by atoms with Crippen molar-refractivity contribution in [3.63, 3.8) is 0 Å². The van der Waals surface area contributed by atoms with Crippen LogP contribution in [-0.4, -0.2) is 89.5 Å². The summed E-state index contributed by atoms with van der Waals surface area (Å²) in [5.74, 6) is -2.30. The van der Waals surface area contributed by atoms with Crippen LogP contribution in [0.4, 0.5) is 9.59 Å². The molecule has 30 heavy (non-hydrogen) atoms. The Morgan fingerprint density at radius 3 is 2.07 bits per heavy atom. The van der Waals surface area contributed by atoms with Gasteiger partial charge in [-0.15, -0.1) is 0 Å². The van der Waals surface area contributed by atoms with Crippen molar-refractivity contribution in [3.05, 3.63) is 0 Å². The predicted molar refractivity (Wildman–Crippen MR) is 111 cm³/mol. The Balaban J connectivity index is 2.61. The number of guanidine groups is 1. The molecule has 1 aliphatic heterocycles. The number of aliphatic carboxylic acids is 1.